The van der Waals surface area contributed by atoms with Crippen molar-refractivity contribution < 1.29 is 0 Å². The number of aromatic nitrogens is 1. The van der Waals surface area contributed by atoms with E-state index in [1.54, 1.807) is 0 Å². The molecule has 1 heterocycles. The predicted molar refractivity (Wildman–Crippen MR) is 93.8 cm³/mol. The summed E-state index contributed by atoms with van der Waals surface area (Å²) in [4.78, 5) is 4.54. The van der Waals surface area contributed by atoms with Crippen LogP contribution in [0.3, 0.4) is 0 Å². The SMILES string of the molecule is CCCCCc1cc(Cc2ccc(CN)cc2)c(C)nc1N. The van der Waals surface area contributed by atoms with Crippen LogP contribution in [0.5, 0.6) is 0 Å². The molecule has 0 radical (unpaired) electrons. The topological polar surface area (TPSA) is 64.9 Å². The molecule has 2 aromatic rings. The lowest BCUT2D eigenvalue weighted by atomic mass is 9.99. The molecular formula is C19H27N3. The Hall–Kier alpha value is -1.87. The van der Waals surface area contributed by atoms with Crippen molar-refractivity contribution in [3.8, 4) is 0 Å². The van der Waals surface area contributed by atoms with E-state index in [4.69, 9.17) is 11.5 Å². The van der Waals surface area contributed by atoms with Crippen LogP contribution in [0.1, 0.15) is 54.1 Å². The third-order valence-corrected chi connectivity index (χ3v) is 4.13. The van der Waals surface area contributed by atoms with Gasteiger partial charge < -0.3 is 11.5 Å². The second-order valence-corrected chi connectivity index (χ2v) is 5.93. The first-order valence-electron chi connectivity index (χ1n) is 8.16. The van der Waals surface area contributed by atoms with Gasteiger partial charge in [-0.2, -0.15) is 0 Å². The Morgan fingerprint density at radius 3 is 2.32 bits per heavy atom. The zero-order chi connectivity index (χ0) is 15.9. The van der Waals surface area contributed by atoms with Crippen LogP contribution in [0.25, 0.3) is 0 Å². The fraction of sp³-hybridized carbons (Fsp3) is 0.421. The normalized spacial score (nSPS) is 10.9. The van der Waals surface area contributed by atoms with Gasteiger partial charge in [-0.25, -0.2) is 4.98 Å². The smallest absolute Gasteiger partial charge is 0.126 e. The van der Waals surface area contributed by atoms with Gasteiger partial charge in [0.2, 0.25) is 0 Å². The van der Waals surface area contributed by atoms with Gasteiger partial charge in [-0.05, 0) is 48.4 Å². The third kappa shape index (κ3) is 4.31. The molecular weight excluding hydrogens is 270 g/mol. The first kappa shape index (κ1) is 16.5. The van der Waals surface area contributed by atoms with Gasteiger partial charge in [0.15, 0.2) is 0 Å². The minimum atomic E-state index is 0.588. The van der Waals surface area contributed by atoms with E-state index >= 15 is 0 Å². The van der Waals surface area contributed by atoms with Crippen molar-refractivity contribution in [1.82, 2.24) is 4.98 Å². The largest absolute Gasteiger partial charge is 0.383 e. The number of nitrogens with zero attached hydrogens (tertiary/aromatic N) is 1. The summed E-state index contributed by atoms with van der Waals surface area (Å²) in [6, 6.07) is 10.7. The van der Waals surface area contributed by atoms with Crippen molar-refractivity contribution >= 4 is 5.82 Å². The third-order valence-electron chi connectivity index (χ3n) is 4.13. The molecule has 1 aromatic heterocycles. The van der Waals surface area contributed by atoms with Crippen LogP contribution in [0, 0.1) is 6.92 Å². The Balaban J connectivity index is 2.16. The summed E-state index contributed by atoms with van der Waals surface area (Å²) in [5, 5.41) is 0. The van der Waals surface area contributed by atoms with E-state index in [1.165, 1.54) is 36.0 Å². The molecule has 0 saturated carbocycles. The molecule has 0 fully saturated rings. The first-order valence-corrected chi connectivity index (χ1v) is 8.16. The lowest BCUT2D eigenvalue weighted by molar-refractivity contribution is 0.716. The molecule has 0 bridgehead atoms. The Morgan fingerprint density at radius 2 is 1.68 bits per heavy atom. The molecule has 0 aliphatic carbocycles. The number of hydrogen-bond acceptors (Lipinski definition) is 3. The van der Waals surface area contributed by atoms with Crippen LogP contribution >= 0.6 is 0 Å². The number of benzene rings is 1. The molecule has 3 nitrogen and oxygen atoms in total. The van der Waals surface area contributed by atoms with Crippen LogP contribution in [-0.2, 0) is 19.4 Å². The highest BCUT2D eigenvalue weighted by Crippen LogP contribution is 2.20. The number of unbranched alkanes of at least 4 members (excludes halogenated alkanes) is 2. The number of nitrogen functional groups attached to an aromatic ring is 1. The zero-order valence-corrected chi connectivity index (χ0v) is 13.7. The Bertz CT molecular complexity index is 603. The lowest BCUT2D eigenvalue weighted by Crippen LogP contribution is -2.04. The maximum Gasteiger partial charge on any atom is 0.126 e. The van der Waals surface area contributed by atoms with Gasteiger partial charge in [0.1, 0.15) is 5.82 Å². The molecule has 4 N–H and O–H groups in total. The quantitative estimate of drug-likeness (QED) is 0.765. The minimum absolute atomic E-state index is 0.588. The summed E-state index contributed by atoms with van der Waals surface area (Å²) in [5.74, 6) is 0.691. The van der Waals surface area contributed by atoms with Crippen LogP contribution < -0.4 is 11.5 Å². The maximum absolute atomic E-state index is 6.08. The molecule has 22 heavy (non-hydrogen) atoms. The molecule has 0 saturated heterocycles. The summed E-state index contributed by atoms with van der Waals surface area (Å²) in [6.07, 6.45) is 5.55. The molecule has 3 heteroatoms. The van der Waals surface area contributed by atoms with E-state index in [1.807, 2.05) is 6.92 Å². The van der Waals surface area contributed by atoms with E-state index < -0.39 is 0 Å². The summed E-state index contributed by atoms with van der Waals surface area (Å²) >= 11 is 0. The van der Waals surface area contributed by atoms with Crippen LogP contribution in [0.4, 0.5) is 5.82 Å². The van der Waals surface area contributed by atoms with E-state index in [2.05, 4.69) is 42.2 Å². The highest BCUT2D eigenvalue weighted by Gasteiger charge is 2.08. The van der Waals surface area contributed by atoms with Crippen LogP contribution in [0.15, 0.2) is 30.3 Å². The number of hydrogen-bond donors (Lipinski definition) is 2. The summed E-state index contributed by atoms with van der Waals surface area (Å²) in [6.45, 7) is 4.84. The van der Waals surface area contributed by atoms with E-state index in [-0.39, 0.29) is 0 Å². The van der Waals surface area contributed by atoms with Gasteiger partial charge in [-0.3, -0.25) is 0 Å². The van der Waals surface area contributed by atoms with E-state index in [9.17, 15) is 0 Å². The molecule has 0 aliphatic rings. The van der Waals surface area contributed by atoms with Crippen molar-refractivity contribution in [2.45, 2.75) is 52.5 Å². The zero-order valence-electron chi connectivity index (χ0n) is 13.7. The second kappa shape index (κ2) is 7.95. The Morgan fingerprint density at radius 1 is 1.00 bits per heavy atom. The average Bonchev–Trinajstić information content (AvgIpc) is 2.52. The highest BCUT2D eigenvalue weighted by atomic mass is 14.8. The summed E-state index contributed by atoms with van der Waals surface area (Å²) in [7, 11) is 0. The first-order chi connectivity index (χ1) is 10.6. The molecule has 0 atom stereocenters. The van der Waals surface area contributed by atoms with Gasteiger partial charge >= 0.3 is 0 Å². The molecule has 0 aliphatic heterocycles. The van der Waals surface area contributed by atoms with Crippen molar-refractivity contribution in [3.05, 3.63) is 58.3 Å². The van der Waals surface area contributed by atoms with Crippen molar-refractivity contribution in [2.75, 3.05) is 5.73 Å². The van der Waals surface area contributed by atoms with Crippen molar-refractivity contribution in [1.29, 1.82) is 0 Å². The number of rotatable bonds is 7. The average molecular weight is 297 g/mol. The lowest BCUT2D eigenvalue weighted by Gasteiger charge is -2.11. The Kier molecular flexibility index (Phi) is 5.96. The highest BCUT2D eigenvalue weighted by molar-refractivity contribution is 5.45. The predicted octanol–water partition coefficient (Wildman–Crippen LogP) is 3.75. The van der Waals surface area contributed by atoms with Gasteiger partial charge in [0.25, 0.3) is 0 Å². The van der Waals surface area contributed by atoms with Crippen molar-refractivity contribution in [3.63, 3.8) is 0 Å². The molecule has 0 amide bonds. The summed E-state index contributed by atoms with van der Waals surface area (Å²) in [5.41, 5.74) is 17.7. The number of nitrogens with two attached hydrogens (primary N) is 2. The molecule has 1 aromatic carbocycles. The van der Waals surface area contributed by atoms with Gasteiger partial charge in [0.05, 0.1) is 0 Å². The second-order valence-electron chi connectivity index (χ2n) is 5.93. The van der Waals surface area contributed by atoms with Gasteiger partial charge in [-0.1, -0.05) is 50.1 Å². The fourth-order valence-electron chi connectivity index (χ4n) is 2.67. The Labute approximate surface area is 133 Å². The molecule has 0 unspecified atom stereocenters. The van der Waals surface area contributed by atoms with E-state index in [0.29, 0.717) is 12.4 Å². The number of pyridine rings is 1. The van der Waals surface area contributed by atoms with Gasteiger partial charge in [0, 0.05) is 12.2 Å². The van der Waals surface area contributed by atoms with E-state index in [0.717, 1.165) is 24.1 Å². The van der Waals surface area contributed by atoms with Gasteiger partial charge in [-0.15, -0.1) is 0 Å². The van der Waals surface area contributed by atoms with Crippen molar-refractivity contribution in [2.24, 2.45) is 5.73 Å². The minimum Gasteiger partial charge on any atom is -0.383 e. The fourth-order valence-corrected chi connectivity index (χ4v) is 2.67. The maximum atomic E-state index is 6.08. The molecule has 2 rings (SSSR count). The van der Waals surface area contributed by atoms with Crippen LogP contribution in [-0.4, -0.2) is 4.98 Å². The van der Waals surface area contributed by atoms with Crippen LogP contribution in [0.2, 0.25) is 0 Å². The summed E-state index contributed by atoms with van der Waals surface area (Å²) < 4.78 is 0. The molecule has 118 valence electrons. The standard InChI is InChI=1S/C19H27N3/c1-3-4-5-6-17-12-18(14(2)22-19(17)21)11-15-7-9-16(13-20)10-8-15/h7-10,12H,3-6,11,13,20H2,1-2H3,(H2,21,22). The number of anilines is 1. The number of aryl methyl sites for hydroxylation is 2. The molecule has 0 spiro atoms. The monoisotopic (exact) mass is 297 g/mol.